The van der Waals surface area contributed by atoms with Crippen LogP contribution in [0.15, 0.2) is 24.3 Å². The highest BCUT2D eigenvalue weighted by molar-refractivity contribution is 5.69. The van der Waals surface area contributed by atoms with Crippen LogP contribution >= 0.6 is 0 Å². The molecule has 0 bridgehead atoms. The summed E-state index contributed by atoms with van der Waals surface area (Å²) < 4.78 is 10.5. The van der Waals surface area contributed by atoms with E-state index in [9.17, 15) is 4.79 Å². The molecule has 0 N–H and O–H groups in total. The Kier molecular flexibility index (Phi) is 6.44. The summed E-state index contributed by atoms with van der Waals surface area (Å²) in [6.07, 6.45) is 2.07. The normalized spacial score (nSPS) is 12.2. The van der Waals surface area contributed by atoms with Gasteiger partial charge in [-0.3, -0.25) is 4.79 Å². The van der Waals surface area contributed by atoms with E-state index in [0.29, 0.717) is 11.7 Å². The molecule has 1 aromatic rings. The number of carbonyl (C=O) groups is 1. The molecule has 0 spiro atoms. The third kappa shape index (κ3) is 5.32. The number of hydrogen-bond donors (Lipinski definition) is 0. The summed E-state index contributed by atoms with van der Waals surface area (Å²) in [4.78, 5) is 10.8. The second kappa shape index (κ2) is 7.88. The lowest BCUT2D eigenvalue weighted by Crippen LogP contribution is -2.03. The molecule has 0 amide bonds. The van der Waals surface area contributed by atoms with E-state index >= 15 is 0 Å². The van der Waals surface area contributed by atoms with Gasteiger partial charge in [-0.15, -0.1) is 0 Å². The lowest BCUT2D eigenvalue weighted by Gasteiger charge is -2.12. The average molecular weight is 250 g/mol. The van der Waals surface area contributed by atoms with Gasteiger partial charge in [0.25, 0.3) is 0 Å². The Morgan fingerprint density at radius 1 is 1.22 bits per heavy atom. The van der Waals surface area contributed by atoms with Gasteiger partial charge in [-0.1, -0.05) is 26.0 Å². The van der Waals surface area contributed by atoms with Crippen LogP contribution in [0.25, 0.3) is 0 Å². The lowest BCUT2D eigenvalue weighted by molar-refractivity contribution is -0.131. The van der Waals surface area contributed by atoms with Gasteiger partial charge in [0.05, 0.1) is 0 Å². The zero-order chi connectivity index (χ0) is 13.4. The van der Waals surface area contributed by atoms with E-state index in [1.165, 1.54) is 12.5 Å². The van der Waals surface area contributed by atoms with Crippen molar-refractivity contribution in [2.45, 2.75) is 39.5 Å². The molecule has 0 aliphatic carbocycles. The molecule has 1 aromatic carbocycles. The molecule has 0 fully saturated rings. The van der Waals surface area contributed by atoms with Crippen molar-refractivity contribution in [3.63, 3.8) is 0 Å². The molecular formula is C15H22O3. The Morgan fingerprint density at radius 3 is 2.44 bits per heavy atom. The molecule has 3 nitrogen and oxygen atoms in total. The third-order valence-electron chi connectivity index (χ3n) is 2.75. The smallest absolute Gasteiger partial charge is 0.308 e. The number of rotatable bonds is 7. The summed E-state index contributed by atoms with van der Waals surface area (Å²) in [7, 11) is 0. The number of ether oxygens (including phenoxy) is 2. The van der Waals surface area contributed by atoms with Gasteiger partial charge in [-0.2, -0.15) is 0 Å². The molecule has 0 aliphatic rings. The van der Waals surface area contributed by atoms with Crippen LogP contribution in [0.2, 0.25) is 0 Å². The second-order valence-electron chi connectivity index (χ2n) is 4.46. The summed E-state index contributed by atoms with van der Waals surface area (Å²) >= 11 is 0. The van der Waals surface area contributed by atoms with Gasteiger partial charge in [0.2, 0.25) is 0 Å². The van der Waals surface area contributed by atoms with Crippen molar-refractivity contribution in [3.8, 4) is 5.75 Å². The number of carbonyl (C=O) groups excluding carboxylic acids is 1. The van der Waals surface area contributed by atoms with Crippen LogP contribution in [-0.2, 0) is 9.53 Å². The third-order valence-corrected chi connectivity index (χ3v) is 2.75. The van der Waals surface area contributed by atoms with Crippen LogP contribution in [0.5, 0.6) is 5.75 Å². The van der Waals surface area contributed by atoms with E-state index in [-0.39, 0.29) is 5.97 Å². The van der Waals surface area contributed by atoms with Crippen molar-refractivity contribution >= 4 is 5.97 Å². The molecule has 0 aliphatic heterocycles. The van der Waals surface area contributed by atoms with E-state index < -0.39 is 0 Å². The zero-order valence-corrected chi connectivity index (χ0v) is 11.4. The fourth-order valence-electron chi connectivity index (χ4n) is 1.70. The number of benzene rings is 1. The Labute approximate surface area is 109 Å². The van der Waals surface area contributed by atoms with Crippen LogP contribution in [0.4, 0.5) is 0 Å². The molecule has 0 saturated carbocycles. The monoisotopic (exact) mass is 250 g/mol. The Hall–Kier alpha value is -1.35. The topological polar surface area (TPSA) is 35.5 Å². The predicted molar refractivity (Wildman–Crippen MR) is 71.9 cm³/mol. The van der Waals surface area contributed by atoms with Crippen molar-refractivity contribution in [1.82, 2.24) is 0 Å². The maximum atomic E-state index is 10.8. The minimum absolute atomic E-state index is 0.288. The standard InChI is InChI=1S/C15H22O3/c1-4-10-17-11-9-12(2)14-5-7-15(8-6-14)18-13(3)16/h5-8,12H,4,9-11H2,1-3H3. The van der Waals surface area contributed by atoms with E-state index in [1.807, 2.05) is 24.3 Å². The highest BCUT2D eigenvalue weighted by atomic mass is 16.5. The SMILES string of the molecule is CCCOCCC(C)c1ccc(OC(C)=O)cc1. The molecule has 3 heteroatoms. The minimum atomic E-state index is -0.288. The molecule has 1 atom stereocenters. The van der Waals surface area contributed by atoms with Crippen LogP contribution in [0, 0.1) is 0 Å². The van der Waals surface area contributed by atoms with Gasteiger partial charge >= 0.3 is 5.97 Å². The summed E-state index contributed by atoms with van der Waals surface area (Å²) in [6, 6.07) is 7.67. The van der Waals surface area contributed by atoms with Gasteiger partial charge in [0, 0.05) is 20.1 Å². The maximum absolute atomic E-state index is 10.8. The van der Waals surface area contributed by atoms with Gasteiger partial charge in [0.1, 0.15) is 5.75 Å². The van der Waals surface area contributed by atoms with Crippen LogP contribution in [-0.4, -0.2) is 19.2 Å². The van der Waals surface area contributed by atoms with Crippen molar-refractivity contribution < 1.29 is 14.3 Å². The average Bonchev–Trinajstić information content (AvgIpc) is 2.34. The summed E-state index contributed by atoms with van der Waals surface area (Å²) in [5.74, 6) is 0.762. The quantitative estimate of drug-likeness (QED) is 0.422. The summed E-state index contributed by atoms with van der Waals surface area (Å²) in [5, 5.41) is 0. The van der Waals surface area contributed by atoms with Gasteiger partial charge in [-0.25, -0.2) is 0 Å². The molecule has 1 rings (SSSR count). The fourth-order valence-corrected chi connectivity index (χ4v) is 1.70. The van der Waals surface area contributed by atoms with Crippen LogP contribution < -0.4 is 4.74 Å². The molecule has 0 heterocycles. The summed E-state index contributed by atoms with van der Waals surface area (Å²) in [6.45, 7) is 7.31. The first-order valence-corrected chi connectivity index (χ1v) is 6.49. The first-order chi connectivity index (χ1) is 8.63. The van der Waals surface area contributed by atoms with Crippen molar-refractivity contribution in [2.24, 2.45) is 0 Å². The van der Waals surface area contributed by atoms with Gasteiger partial charge in [-0.05, 0) is 36.5 Å². The van der Waals surface area contributed by atoms with E-state index in [4.69, 9.17) is 9.47 Å². The number of esters is 1. The molecule has 0 saturated heterocycles. The van der Waals surface area contributed by atoms with Gasteiger partial charge < -0.3 is 9.47 Å². The lowest BCUT2D eigenvalue weighted by atomic mass is 9.98. The van der Waals surface area contributed by atoms with Crippen LogP contribution in [0.3, 0.4) is 0 Å². The van der Waals surface area contributed by atoms with E-state index in [0.717, 1.165) is 26.1 Å². The van der Waals surface area contributed by atoms with Crippen molar-refractivity contribution in [2.75, 3.05) is 13.2 Å². The van der Waals surface area contributed by atoms with E-state index in [2.05, 4.69) is 13.8 Å². The van der Waals surface area contributed by atoms with Crippen molar-refractivity contribution in [1.29, 1.82) is 0 Å². The minimum Gasteiger partial charge on any atom is -0.427 e. The molecule has 0 radical (unpaired) electrons. The first kappa shape index (κ1) is 14.7. The number of hydrogen-bond acceptors (Lipinski definition) is 3. The maximum Gasteiger partial charge on any atom is 0.308 e. The van der Waals surface area contributed by atoms with Crippen LogP contribution in [0.1, 0.15) is 45.1 Å². The molecule has 18 heavy (non-hydrogen) atoms. The van der Waals surface area contributed by atoms with E-state index in [1.54, 1.807) is 0 Å². The Bertz CT molecular complexity index is 357. The summed E-state index contributed by atoms with van der Waals surface area (Å²) in [5.41, 5.74) is 1.24. The predicted octanol–water partition coefficient (Wildman–Crippen LogP) is 3.53. The molecule has 0 aromatic heterocycles. The second-order valence-corrected chi connectivity index (χ2v) is 4.46. The highest BCUT2D eigenvalue weighted by Crippen LogP contribution is 2.22. The molecule has 1 unspecified atom stereocenters. The first-order valence-electron chi connectivity index (χ1n) is 6.49. The largest absolute Gasteiger partial charge is 0.427 e. The van der Waals surface area contributed by atoms with Crippen molar-refractivity contribution in [3.05, 3.63) is 29.8 Å². The molecule has 100 valence electrons. The molecular weight excluding hydrogens is 228 g/mol. The Balaban J connectivity index is 2.43. The Morgan fingerprint density at radius 2 is 1.89 bits per heavy atom. The highest BCUT2D eigenvalue weighted by Gasteiger charge is 2.06. The zero-order valence-electron chi connectivity index (χ0n) is 11.4. The van der Waals surface area contributed by atoms with Gasteiger partial charge in [0.15, 0.2) is 0 Å². The fraction of sp³-hybridized carbons (Fsp3) is 0.533.